The first kappa shape index (κ1) is 12.7. The van der Waals surface area contributed by atoms with Crippen LogP contribution in [0.5, 0.6) is 0 Å². The molecule has 0 saturated carbocycles. The molecule has 1 aromatic rings. The molecule has 3 rings (SSSR count). The van der Waals surface area contributed by atoms with Gasteiger partial charge in [-0.05, 0) is 49.8 Å². The number of aliphatic carboxylic acids is 1. The predicted octanol–water partition coefficient (Wildman–Crippen LogP) is 2.48. The molecular formula is C16H21NO2. The monoisotopic (exact) mass is 259 g/mol. The van der Waals surface area contributed by atoms with Crippen LogP contribution in [0.1, 0.15) is 36.8 Å². The van der Waals surface area contributed by atoms with E-state index in [1.807, 2.05) is 0 Å². The first-order valence-corrected chi connectivity index (χ1v) is 7.28. The van der Waals surface area contributed by atoms with Gasteiger partial charge in [-0.2, -0.15) is 0 Å². The highest BCUT2D eigenvalue weighted by Gasteiger charge is 2.33. The van der Waals surface area contributed by atoms with Crippen LogP contribution in [0.2, 0.25) is 0 Å². The second kappa shape index (κ2) is 5.33. The van der Waals surface area contributed by atoms with Gasteiger partial charge >= 0.3 is 5.97 Å². The Morgan fingerprint density at radius 3 is 2.84 bits per heavy atom. The summed E-state index contributed by atoms with van der Waals surface area (Å²) in [5.41, 5.74) is 2.94. The van der Waals surface area contributed by atoms with E-state index in [0.717, 1.165) is 32.2 Å². The number of likely N-dealkylation sites (tertiary alicyclic amines) is 1. The van der Waals surface area contributed by atoms with Crippen molar-refractivity contribution in [2.24, 2.45) is 0 Å². The minimum Gasteiger partial charge on any atom is -0.481 e. The normalized spacial score (nSPS) is 27.2. The van der Waals surface area contributed by atoms with E-state index in [2.05, 4.69) is 29.2 Å². The molecule has 1 aromatic carbocycles. The molecule has 1 saturated heterocycles. The topological polar surface area (TPSA) is 40.5 Å². The van der Waals surface area contributed by atoms with Gasteiger partial charge in [0.05, 0.1) is 6.42 Å². The summed E-state index contributed by atoms with van der Waals surface area (Å²) in [6.07, 6.45) is 5.90. The molecule has 2 atom stereocenters. The zero-order valence-electron chi connectivity index (χ0n) is 11.2. The average molecular weight is 259 g/mol. The minimum atomic E-state index is -0.659. The van der Waals surface area contributed by atoms with Gasteiger partial charge < -0.3 is 5.11 Å². The summed E-state index contributed by atoms with van der Waals surface area (Å²) in [4.78, 5) is 13.4. The van der Waals surface area contributed by atoms with Gasteiger partial charge in [-0.3, -0.25) is 9.69 Å². The molecule has 1 N–H and O–H groups in total. The Hall–Kier alpha value is -1.35. The van der Waals surface area contributed by atoms with E-state index < -0.39 is 5.97 Å². The predicted molar refractivity (Wildman–Crippen MR) is 74.2 cm³/mol. The number of nitrogens with zero attached hydrogens (tertiary/aromatic N) is 1. The molecule has 2 unspecified atom stereocenters. The maximum absolute atomic E-state index is 11.0. The van der Waals surface area contributed by atoms with Gasteiger partial charge in [0, 0.05) is 12.1 Å². The largest absolute Gasteiger partial charge is 0.481 e. The van der Waals surface area contributed by atoms with E-state index in [9.17, 15) is 4.79 Å². The highest BCUT2D eigenvalue weighted by Crippen LogP contribution is 2.30. The number of fused-ring (bicyclic) bond motifs is 1. The second-order valence-electron chi connectivity index (χ2n) is 5.80. The molecule has 1 aliphatic heterocycles. The summed E-state index contributed by atoms with van der Waals surface area (Å²) in [7, 11) is 0. The van der Waals surface area contributed by atoms with E-state index in [4.69, 9.17) is 5.11 Å². The first-order valence-electron chi connectivity index (χ1n) is 7.28. The highest BCUT2D eigenvalue weighted by atomic mass is 16.4. The lowest BCUT2D eigenvalue weighted by Crippen LogP contribution is -2.43. The summed E-state index contributed by atoms with van der Waals surface area (Å²) in [6.45, 7) is 1.07. The van der Waals surface area contributed by atoms with Gasteiger partial charge in [-0.25, -0.2) is 0 Å². The fraction of sp³-hybridized carbons (Fsp3) is 0.562. The van der Waals surface area contributed by atoms with Crippen molar-refractivity contribution in [3.63, 3.8) is 0 Å². The molecule has 0 spiro atoms. The molecule has 1 fully saturated rings. The number of hydrogen-bond donors (Lipinski definition) is 1. The Labute approximate surface area is 114 Å². The van der Waals surface area contributed by atoms with Crippen molar-refractivity contribution in [2.45, 2.75) is 50.6 Å². The molecule has 102 valence electrons. The number of rotatable bonds is 3. The Kier molecular flexibility index (Phi) is 3.56. The van der Waals surface area contributed by atoms with E-state index in [1.54, 1.807) is 0 Å². The first-order chi connectivity index (χ1) is 9.24. The maximum Gasteiger partial charge on any atom is 0.304 e. The molecule has 0 bridgehead atoms. The van der Waals surface area contributed by atoms with Crippen molar-refractivity contribution in [1.82, 2.24) is 4.90 Å². The maximum atomic E-state index is 11.0. The van der Waals surface area contributed by atoms with Crippen LogP contribution in [0.4, 0.5) is 0 Å². The average Bonchev–Trinajstić information content (AvgIpc) is 2.85. The zero-order valence-corrected chi connectivity index (χ0v) is 11.2. The van der Waals surface area contributed by atoms with Crippen LogP contribution in [-0.4, -0.2) is 34.6 Å². The standard InChI is InChI=1S/C16H21NO2/c18-16(19)11-14-6-3-9-17(14)15-8-7-12-4-1-2-5-13(12)10-15/h1-2,4-5,14-15H,3,6-11H2,(H,18,19). The Bertz CT molecular complexity index is 472. The van der Waals surface area contributed by atoms with Crippen LogP contribution in [0.3, 0.4) is 0 Å². The molecule has 0 amide bonds. The molecule has 1 heterocycles. The van der Waals surface area contributed by atoms with Crippen LogP contribution in [0.15, 0.2) is 24.3 Å². The van der Waals surface area contributed by atoms with Crippen molar-refractivity contribution in [2.75, 3.05) is 6.54 Å². The number of carbonyl (C=O) groups is 1. The van der Waals surface area contributed by atoms with Gasteiger partial charge in [0.2, 0.25) is 0 Å². The van der Waals surface area contributed by atoms with Gasteiger partial charge in [-0.1, -0.05) is 24.3 Å². The Balaban J connectivity index is 1.72. The van der Waals surface area contributed by atoms with Crippen LogP contribution in [0, 0.1) is 0 Å². The molecule has 0 aromatic heterocycles. The van der Waals surface area contributed by atoms with Gasteiger partial charge in [0.25, 0.3) is 0 Å². The molecule has 19 heavy (non-hydrogen) atoms. The van der Waals surface area contributed by atoms with E-state index >= 15 is 0 Å². The number of carboxylic acids is 1. The van der Waals surface area contributed by atoms with Crippen molar-refractivity contribution in [3.05, 3.63) is 35.4 Å². The molecule has 1 aliphatic carbocycles. The summed E-state index contributed by atoms with van der Waals surface area (Å²) < 4.78 is 0. The van der Waals surface area contributed by atoms with Gasteiger partial charge in [0.1, 0.15) is 0 Å². The van der Waals surface area contributed by atoms with E-state index in [-0.39, 0.29) is 6.04 Å². The zero-order chi connectivity index (χ0) is 13.2. The third-order valence-electron chi connectivity index (χ3n) is 4.62. The third-order valence-corrected chi connectivity index (χ3v) is 4.62. The minimum absolute atomic E-state index is 0.257. The Morgan fingerprint density at radius 1 is 1.26 bits per heavy atom. The quantitative estimate of drug-likeness (QED) is 0.906. The van der Waals surface area contributed by atoms with Crippen LogP contribution in [0.25, 0.3) is 0 Å². The lowest BCUT2D eigenvalue weighted by atomic mass is 9.87. The summed E-state index contributed by atoms with van der Waals surface area (Å²) in [6, 6.07) is 9.48. The second-order valence-corrected chi connectivity index (χ2v) is 5.80. The Morgan fingerprint density at radius 2 is 2.05 bits per heavy atom. The third kappa shape index (κ3) is 2.66. The van der Waals surface area contributed by atoms with Crippen molar-refractivity contribution in [3.8, 4) is 0 Å². The van der Waals surface area contributed by atoms with Crippen LogP contribution >= 0.6 is 0 Å². The van der Waals surface area contributed by atoms with Crippen LogP contribution < -0.4 is 0 Å². The molecular weight excluding hydrogens is 238 g/mol. The smallest absolute Gasteiger partial charge is 0.304 e. The van der Waals surface area contributed by atoms with Crippen molar-refractivity contribution in [1.29, 1.82) is 0 Å². The molecule has 3 nitrogen and oxygen atoms in total. The highest BCUT2D eigenvalue weighted by molar-refractivity contribution is 5.67. The molecule has 3 heteroatoms. The molecule has 2 aliphatic rings. The fourth-order valence-corrected chi connectivity index (χ4v) is 3.72. The summed E-state index contributed by atoms with van der Waals surface area (Å²) >= 11 is 0. The summed E-state index contributed by atoms with van der Waals surface area (Å²) in [5, 5.41) is 9.02. The number of carboxylic acid groups (broad SMARTS) is 1. The summed E-state index contributed by atoms with van der Waals surface area (Å²) in [5.74, 6) is -0.659. The van der Waals surface area contributed by atoms with Crippen LogP contribution in [-0.2, 0) is 17.6 Å². The number of benzene rings is 1. The van der Waals surface area contributed by atoms with Crippen molar-refractivity contribution >= 4 is 5.97 Å². The lowest BCUT2D eigenvalue weighted by Gasteiger charge is -2.36. The van der Waals surface area contributed by atoms with Gasteiger partial charge in [0.15, 0.2) is 0 Å². The fourth-order valence-electron chi connectivity index (χ4n) is 3.72. The van der Waals surface area contributed by atoms with E-state index in [0.29, 0.717) is 12.5 Å². The lowest BCUT2D eigenvalue weighted by molar-refractivity contribution is -0.138. The number of hydrogen-bond acceptors (Lipinski definition) is 2. The van der Waals surface area contributed by atoms with Crippen molar-refractivity contribution < 1.29 is 9.90 Å². The SMILES string of the molecule is O=C(O)CC1CCCN1C1CCc2ccccc2C1. The van der Waals surface area contributed by atoms with Gasteiger partial charge in [-0.15, -0.1) is 0 Å². The molecule has 0 radical (unpaired) electrons. The number of aryl methyl sites for hydroxylation is 1. The van der Waals surface area contributed by atoms with E-state index in [1.165, 1.54) is 17.5 Å².